The van der Waals surface area contributed by atoms with Crippen LogP contribution in [-0.4, -0.2) is 29.0 Å². The van der Waals surface area contributed by atoms with Crippen molar-refractivity contribution in [2.75, 3.05) is 18.0 Å². The molecular formula is C20H24N4O. The third-order valence-electron chi connectivity index (χ3n) is 5.52. The normalized spacial score (nSPS) is 22.1. The van der Waals surface area contributed by atoms with E-state index in [-0.39, 0.29) is 17.4 Å². The van der Waals surface area contributed by atoms with Crippen LogP contribution in [0, 0.1) is 5.92 Å². The van der Waals surface area contributed by atoms with Gasteiger partial charge in [0.1, 0.15) is 0 Å². The molecule has 1 aromatic carbocycles. The number of rotatable bonds is 4. The Hall–Kier alpha value is -2.43. The minimum Gasteiger partial charge on any atom is -0.346 e. The molecule has 2 fully saturated rings. The fraction of sp³-hybridized carbons (Fsp3) is 0.450. The average molecular weight is 336 g/mol. The van der Waals surface area contributed by atoms with Crippen LogP contribution in [0.4, 0.5) is 5.95 Å². The van der Waals surface area contributed by atoms with E-state index in [1.807, 2.05) is 12.1 Å². The van der Waals surface area contributed by atoms with Gasteiger partial charge in [-0.05, 0) is 43.7 Å². The van der Waals surface area contributed by atoms with E-state index in [4.69, 9.17) is 0 Å². The molecule has 1 amide bonds. The maximum atomic E-state index is 13.0. The summed E-state index contributed by atoms with van der Waals surface area (Å²) in [7, 11) is 0. The molecule has 130 valence electrons. The van der Waals surface area contributed by atoms with E-state index in [0.29, 0.717) is 6.54 Å². The average Bonchev–Trinajstić information content (AvgIpc) is 2.66. The first-order chi connectivity index (χ1) is 12.3. The lowest BCUT2D eigenvalue weighted by Gasteiger charge is -2.44. The Kier molecular flexibility index (Phi) is 4.38. The highest BCUT2D eigenvalue weighted by Crippen LogP contribution is 2.41. The Morgan fingerprint density at radius 3 is 2.52 bits per heavy atom. The number of carbonyl (C=O) groups is 1. The Balaban J connectivity index is 1.45. The highest BCUT2D eigenvalue weighted by molar-refractivity contribution is 5.80. The molecular weight excluding hydrogens is 312 g/mol. The molecule has 5 nitrogen and oxygen atoms in total. The monoisotopic (exact) mass is 336 g/mol. The minimum absolute atomic E-state index is 0.00116. The van der Waals surface area contributed by atoms with Crippen LogP contribution in [0.25, 0.3) is 0 Å². The molecule has 4 rings (SSSR count). The standard InChI is InChI=1S/C20H24N4O/c25-18(23-20(10-5-11-20)17-8-2-1-3-9-17)16-7-4-14-24(15-16)19-21-12-6-13-22-19/h1-3,6,8-9,12-13,16H,4-5,7,10-11,14-15H2,(H,23,25). The molecule has 2 aliphatic rings. The van der Waals surface area contributed by atoms with Crippen molar-refractivity contribution in [1.29, 1.82) is 0 Å². The maximum Gasteiger partial charge on any atom is 0.225 e. The van der Waals surface area contributed by atoms with E-state index in [1.165, 1.54) is 12.0 Å². The van der Waals surface area contributed by atoms with Crippen molar-refractivity contribution in [1.82, 2.24) is 15.3 Å². The minimum atomic E-state index is -0.163. The van der Waals surface area contributed by atoms with Crippen LogP contribution in [-0.2, 0) is 10.3 Å². The third-order valence-corrected chi connectivity index (χ3v) is 5.52. The van der Waals surface area contributed by atoms with Gasteiger partial charge in [0.05, 0.1) is 11.5 Å². The van der Waals surface area contributed by atoms with Crippen LogP contribution in [0.3, 0.4) is 0 Å². The highest BCUT2D eigenvalue weighted by Gasteiger charge is 2.41. The van der Waals surface area contributed by atoms with E-state index in [0.717, 1.165) is 38.2 Å². The molecule has 0 bridgehead atoms. The van der Waals surface area contributed by atoms with Crippen LogP contribution < -0.4 is 10.2 Å². The first-order valence-corrected chi connectivity index (χ1v) is 9.16. The molecule has 2 heterocycles. The second kappa shape index (κ2) is 6.82. The number of anilines is 1. The van der Waals surface area contributed by atoms with Crippen molar-refractivity contribution in [3.05, 3.63) is 54.4 Å². The van der Waals surface area contributed by atoms with Crippen molar-refractivity contribution in [3.63, 3.8) is 0 Å². The topological polar surface area (TPSA) is 58.1 Å². The fourth-order valence-electron chi connectivity index (χ4n) is 3.94. The maximum absolute atomic E-state index is 13.0. The van der Waals surface area contributed by atoms with E-state index < -0.39 is 0 Å². The van der Waals surface area contributed by atoms with Gasteiger partial charge in [-0.1, -0.05) is 30.3 Å². The molecule has 0 spiro atoms. The Labute approximate surface area is 148 Å². The molecule has 5 heteroatoms. The zero-order valence-corrected chi connectivity index (χ0v) is 14.4. The summed E-state index contributed by atoms with van der Waals surface area (Å²) in [5, 5.41) is 3.38. The van der Waals surface area contributed by atoms with Gasteiger partial charge >= 0.3 is 0 Å². The van der Waals surface area contributed by atoms with Gasteiger partial charge in [-0.3, -0.25) is 4.79 Å². The summed E-state index contributed by atoms with van der Waals surface area (Å²) in [5.41, 5.74) is 1.07. The summed E-state index contributed by atoms with van der Waals surface area (Å²) in [4.78, 5) is 23.8. The van der Waals surface area contributed by atoms with Crippen molar-refractivity contribution in [2.45, 2.75) is 37.6 Å². The number of hydrogen-bond donors (Lipinski definition) is 1. The van der Waals surface area contributed by atoms with Gasteiger partial charge in [0, 0.05) is 25.5 Å². The number of nitrogens with one attached hydrogen (secondary N) is 1. The second-order valence-corrected chi connectivity index (χ2v) is 7.12. The molecule has 0 radical (unpaired) electrons. The first kappa shape index (κ1) is 16.1. The van der Waals surface area contributed by atoms with Crippen molar-refractivity contribution in [3.8, 4) is 0 Å². The molecule has 1 aromatic heterocycles. The Bertz CT molecular complexity index is 715. The van der Waals surface area contributed by atoms with Gasteiger partial charge < -0.3 is 10.2 Å². The Morgan fingerprint density at radius 2 is 1.84 bits per heavy atom. The number of nitrogens with zero attached hydrogens (tertiary/aromatic N) is 3. The number of hydrogen-bond acceptors (Lipinski definition) is 4. The second-order valence-electron chi connectivity index (χ2n) is 7.12. The predicted molar refractivity (Wildman–Crippen MR) is 97.1 cm³/mol. The van der Waals surface area contributed by atoms with Gasteiger partial charge in [-0.15, -0.1) is 0 Å². The molecule has 1 unspecified atom stereocenters. The summed E-state index contributed by atoms with van der Waals surface area (Å²) in [6.45, 7) is 1.61. The van der Waals surface area contributed by atoms with Crippen molar-refractivity contribution < 1.29 is 4.79 Å². The summed E-state index contributed by atoms with van der Waals surface area (Å²) in [5.74, 6) is 0.893. The molecule has 1 aliphatic carbocycles. The van der Waals surface area contributed by atoms with Gasteiger partial charge in [0.15, 0.2) is 0 Å². The van der Waals surface area contributed by atoms with Gasteiger partial charge in [-0.25, -0.2) is 9.97 Å². The molecule has 1 atom stereocenters. The lowest BCUT2D eigenvalue weighted by Crippen LogP contribution is -2.54. The molecule has 2 aromatic rings. The largest absolute Gasteiger partial charge is 0.346 e. The highest BCUT2D eigenvalue weighted by atomic mass is 16.2. The van der Waals surface area contributed by atoms with E-state index in [2.05, 4.69) is 44.5 Å². The molecule has 1 aliphatic heterocycles. The van der Waals surface area contributed by atoms with Crippen LogP contribution in [0.2, 0.25) is 0 Å². The lowest BCUT2D eigenvalue weighted by atomic mass is 9.71. The van der Waals surface area contributed by atoms with Gasteiger partial charge in [-0.2, -0.15) is 0 Å². The third kappa shape index (κ3) is 3.23. The zero-order chi connectivity index (χ0) is 17.1. The van der Waals surface area contributed by atoms with E-state index in [1.54, 1.807) is 12.4 Å². The summed E-state index contributed by atoms with van der Waals surface area (Å²) in [6, 6.07) is 12.2. The molecule has 1 saturated heterocycles. The summed E-state index contributed by atoms with van der Waals surface area (Å²) < 4.78 is 0. The number of benzene rings is 1. The van der Waals surface area contributed by atoms with Crippen LogP contribution in [0.5, 0.6) is 0 Å². The van der Waals surface area contributed by atoms with Crippen molar-refractivity contribution >= 4 is 11.9 Å². The number of piperidine rings is 1. The predicted octanol–water partition coefficient (Wildman–Crippen LogP) is 2.89. The number of carbonyl (C=O) groups excluding carboxylic acids is 1. The van der Waals surface area contributed by atoms with Crippen molar-refractivity contribution in [2.24, 2.45) is 5.92 Å². The summed E-state index contributed by atoms with van der Waals surface area (Å²) >= 11 is 0. The first-order valence-electron chi connectivity index (χ1n) is 9.16. The zero-order valence-electron chi connectivity index (χ0n) is 14.4. The van der Waals surface area contributed by atoms with Gasteiger partial charge in [0.2, 0.25) is 11.9 Å². The summed E-state index contributed by atoms with van der Waals surface area (Å²) in [6.07, 6.45) is 8.66. The van der Waals surface area contributed by atoms with E-state index in [9.17, 15) is 4.79 Å². The molecule has 25 heavy (non-hydrogen) atoms. The van der Waals surface area contributed by atoms with Crippen LogP contribution in [0.1, 0.15) is 37.7 Å². The van der Waals surface area contributed by atoms with E-state index >= 15 is 0 Å². The van der Waals surface area contributed by atoms with Crippen LogP contribution >= 0.6 is 0 Å². The fourth-order valence-corrected chi connectivity index (χ4v) is 3.94. The lowest BCUT2D eigenvalue weighted by molar-refractivity contribution is -0.128. The number of amides is 1. The molecule has 1 N–H and O–H groups in total. The number of aromatic nitrogens is 2. The quantitative estimate of drug-likeness (QED) is 0.933. The van der Waals surface area contributed by atoms with Crippen LogP contribution in [0.15, 0.2) is 48.8 Å². The SMILES string of the molecule is O=C(NC1(c2ccccc2)CCC1)C1CCCN(c2ncccn2)C1. The van der Waals surface area contributed by atoms with Gasteiger partial charge in [0.25, 0.3) is 0 Å². The Morgan fingerprint density at radius 1 is 1.08 bits per heavy atom. The smallest absolute Gasteiger partial charge is 0.225 e. The molecule has 1 saturated carbocycles.